The summed E-state index contributed by atoms with van der Waals surface area (Å²) < 4.78 is 0. The minimum Gasteiger partial charge on any atom is -0.314 e. The second-order valence-electron chi connectivity index (χ2n) is 5.28. The lowest BCUT2D eigenvalue weighted by molar-refractivity contribution is 0.450. The molecule has 1 heteroatoms. The Balaban J connectivity index is 3.11. The van der Waals surface area contributed by atoms with Gasteiger partial charge in [-0.1, -0.05) is 78.6 Å². The molecular weight excluding hydrogens is 206 g/mol. The Morgan fingerprint density at radius 1 is 0.706 bits per heavy atom. The Bertz CT molecular complexity index is 133. The summed E-state index contributed by atoms with van der Waals surface area (Å²) >= 11 is 0. The van der Waals surface area contributed by atoms with Crippen LogP contribution in [-0.2, 0) is 0 Å². The van der Waals surface area contributed by atoms with Crippen molar-refractivity contribution in [2.75, 3.05) is 6.54 Å². The average Bonchev–Trinajstić information content (AvgIpc) is 2.35. The van der Waals surface area contributed by atoms with Gasteiger partial charge in [-0.25, -0.2) is 0 Å². The molecule has 0 radical (unpaired) electrons. The van der Waals surface area contributed by atoms with Crippen molar-refractivity contribution in [2.45, 2.75) is 97.4 Å². The van der Waals surface area contributed by atoms with Crippen molar-refractivity contribution in [3.05, 3.63) is 0 Å². The van der Waals surface area contributed by atoms with Crippen molar-refractivity contribution in [1.82, 2.24) is 5.32 Å². The van der Waals surface area contributed by atoms with Crippen LogP contribution in [0, 0.1) is 0 Å². The van der Waals surface area contributed by atoms with Crippen LogP contribution in [0.15, 0.2) is 0 Å². The van der Waals surface area contributed by atoms with Crippen molar-refractivity contribution < 1.29 is 0 Å². The van der Waals surface area contributed by atoms with Crippen LogP contribution in [0.4, 0.5) is 0 Å². The number of hydrogen-bond acceptors (Lipinski definition) is 1. The van der Waals surface area contributed by atoms with Crippen LogP contribution in [0.3, 0.4) is 0 Å². The Morgan fingerprint density at radius 3 is 1.71 bits per heavy atom. The summed E-state index contributed by atoms with van der Waals surface area (Å²) in [5.74, 6) is 0. The molecule has 1 atom stereocenters. The molecule has 0 rings (SSSR count). The largest absolute Gasteiger partial charge is 0.314 e. The molecule has 1 nitrogen and oxygen atoms in total. The second kappa shape index (κ2) is 14.0. The van der Waals surface area contributed by atoms with Crippen molar-refractivity contribution in [1.29, 1.82) is 0 Å². The molecular formula is C16H35N. The maximum Gasteiger partial charge on any atom is 0.00643 e. The summed E-state index contributed by atoms with van der Waals surface area (Å²) in [6, 6.07) is 0.768. The van der Waals surface area contributed by atoms with E-state index in [1.807, 2.05) is 0 Å². The van der Waals surface area contributed by atoms with E-state index in [0.29, 0.717) is 0 Å². The SMILES string of the molecule is CCCCCCCCCCCC(CC)NCC. The number of rotatable bonds is 13. The van der Waals surface area contributed by atoms with Gasteiger partial charge < -0.3 is 5.32 Å². The minimum atomic E-state index is 0.768. The van der Waals surface area contributed by atoms with E-state index in [2.05, 4.69) is 26.1 Å². The van der Waals surface area contributed by atoms with Crippen LogP contribution in [-0.4, -0.2) is 12.6 Å². The molecule has 0 bridgehead atoms. The van der Waals surface area contributed by atoms with Crippen molar-refractivity contribution in [3.8, 4) is 0 Å². The lowest BCUT2D eigenvalue weighted by Crippen LogP contribution is -2.27. The Kier molecular flexibility index (Phi) is 14.0. The van der Waals surface area contributed by atoms with E-state index in [9.17, 15) is 0 Å². The fraction of sp³-hybridized carbons (Fsp3) is 1.00. The highest BCUT2D eigenvalue weighted by molar-refractivity contribution is 4.63. The zero-order valence-electron chi connectivity index (χ0n) is 12.6. The summed E-state index contributed by atoms with van der Waals surface area (Å²) in [5, 5.41) is 3.56. The number of hydrogen-bond donors (Lipinski definition) is 1. The van der Waals surface area contributed by atoms with Gasteiger partial charge in [0, 0.05) is 6.04 Å². The number of unbranched alkanes of at least 4 members (excludes halogenated alkanes) is 8. The molecule has 1 N–H and O–H groups in total. The van der Waals surface area contributed by atoms with E-state index in [1.54, 1.807) is 0 Å². The zero-order chi connectivity index (χ0) is 12.8. The predicted molar refractivity (Wildman–Crippen MR) is 79.6 cm³/mol. The Labute approximate surface area is 110 Å². The fourth-order valence-electron chi connectivity index (χ4n) is 2.44. The Hall–Kier alpha value is -0.0400. The lowest BCUT2D eigenvalue weighted by Gasteiger charge is -2.15. The molecule has 0 amide bonds. The van der Waals surface area contributed by atoms with E-state index in [-0.39, 0.29) is 0 Å². The first-order valence-electron chi connectivity index (χ1n) is 8.08. The first-order chi connectivity index (χ1) is 8.35. The first-order valence-corrected chi connectivity index (χ1v) is 8.08. The molecule has 0 heterocycles. The standard InChI is InChI=1S/C16H35N/c1-4-7-8-9-10-11-12-13-14-15-16(5-2)17-6-3/h16-17H,4-15H2,1-3H3. The molecule has 104 valence electrons. The zero-order valence-corrected chi connectivity index (χ0v) is 12.6. The van der Waals surface area contributed by atoms with Gasteiger partial charge in [0.05, 0.1) is 0 Å². The lowest BCUT2D eigenvalue weighted by atomic mass is 10.0. The van der Waals surface area contributed by atoms with Gasteiger partial charge in [0.2, 0.25) is 0 Å². The molecule has 0 aromatic heterocycles. The summed E-state index contributed by atoms with van der Waals surface area (Å²) in [7, 11) is 0. The third-order valence-electron chi connectivity index (χ3n) is 3.64. The highest BCUT2D eigenvalue weighted by Gasteiger charge is 2.02. The molecule has 17 heavy (non-hydrogen) atoms. The second-order valence-corrected chi connectivity index (χ2v) is 5.28. The van der Waals surface area contributed by atoms with Gasteiger partial charge in [-0.05, 0) is 19.4 Å². The number of nitrogens with one attached hydrogen (secondary N) is 1. The van der Waals surface area contributed by atoms with Gasteiger partial charge in [-0.15, -0.1) is 0 Å². The summed E-state index contributed by atoms with van der Waals surface area (Å²) in [6.45, 7) is 7.91. The molecule has 0 aromatic carbocycles. The molecule has 0 aliphatic rings. The topological polar surface area (TPSA) is 12.0 Å². The summed E-state index contributed by atoms with van der Waals surface area (Å²) in [6.07, 6.45) is 15.6. The van der Waals surface area contributed by atoms with Crippen LogP contribution in [0.2, 0.25) is 0 Å². The van der Waals surface area contributed by atoms with E-state index in [4.69, 9.17) is 0 Å². The smallest absolute Gasteiger partial charge is 0.00643 e. The summed E-state index contributed by atoms with van der Waals surface area (Å²) in [4.78, 5) is 0. The predicted octanol–water partition coefficient (Wildman–Crippen LogP) is 5.30. The van der Waals surface area contributed by atoms with E-state index in [0.717, 1.165) is 12.6 Å². The first kappa shape index (κ1) is 17.0. The average molecular weight is 241 g/mol. The molecule has 0 aromatic rings. The maximum absolute atomic E-state index is 3.56. The molecule has 0 fully saturated rings. The highest BCUT2D eigenvalue weighted by Crippen LogP contribution is 2.12. The van der Waals surface area contributed by atoms with Gasteiger partial charge >= 0.3 is 0 Å². The van der Waals surface area contributed by atoms with Crippen molar-refractivity contribution in [2.24, 2.45) is 0 Å². The maximum atomic E-state index is 3.56. The molecule has 0 saturated heterocycles. The van der Waals surface area contributed by atoms with Crippen LogP contribution >= 0.6 is 0 Å². The normalized spacial score (nSPS) is 12.9. The van der Waals surface area contributed by atoms with E-state index < -0.39 is 0 Å². The molecule has 0 aliphatic carbocycles. The molecule has 0 spiro atoms. The van der Waals surface area contributed by atoms with Gasteiger partial charge in [0.25, 0.3) is 0 Å². The van der Waals surface area contributed by atoms with Gasteiger partial charge in [0.15, 0.2) is 0 Å². The third kappa shape index (κ3) is 12.2. The third-order valence-corrected chi connectivity index (χ3v) is 3.64. The summed E-state index contributed by atoms with van der Waals surface area (Å²) in [5.41, 5.74) is 0. The molecule has 1 unspecified atom stereocenters. The fourth-order valence-corrected chi connectivity index (χ4v) is 2.44. The van der Waals surface area contributed by atoms with E-state index in [1.165, 1.54) is 70.6 Å². The monoisotopic (exact) mass is 241 g/mol. The van der Waals surface area contributed by atoms with Crippen molar-refractivity contribution in [3.63, 3.8) is 0 Å². The van der Waals surface area contributed by atoms with Gasteiger partial charge in [-0.3, -0.25) is 0 Å². The van der Waals surface area contributed by atoms with Gasteiger partial charge in [0.1, 0.15) is 0 Å². The van der Waals surface area contributed by atoms with Crippen molar-refractivity contribution >= 4 is 0 Å². The van der Waals surface area contributed by atoms with Crippen LogP contribution in [0.25, 0.3) is 0 Å². The van der Waals surface area contributed by atoms with Crippen LogP contribution in [0.5, 0.6) is 0 Å². The molecule has 0 saturated carbocycles. The Morgan fingerprint density at radius 2 is 1.24 bits per heavy atom. The minimum absolute atomic E-state index is 0.768. The van der Waals surface area contributed by atoms with Crippen LogP contribution < -0.4 is 5.32 Å². The van der Waals surface area contributed by atoms with Gasteiger partial charge in [-0.2, -0.15) is 0 Å². The molecule has 0 aliphatic heterocycles. The highest BCUT2D eigenvalue weighted by atomic mass is 14.9. The quantitative estimate of drug-likeness (QED) is 0.432. The van der Waals surface area contributed by atoms with Crippen LogP contribution in [0.1, 0.15) is 91.4 Å². The van der Waals surface area contributed by atoms with E-state index >= 15 is 0 Å².